The molecular weight excluding hydrogens is 224 g/mol. The summed E-state index contributed by atoms with van der Waals surface area (Å²) in [6.07, 6.45) is 8.87. The van der Waals surface area contributed by atoms with Gasteiger partial charge in [0.1, 0.15) is 0 Å². The number of carbonyl (C=O) groups excluding carboxylic acids is 1. The number of hydrogen-bond donors (Lipinski definition) is 0. The molecule has 0 aromatic rings. The van der Waals surface area contributed by atoms with Crippen LogP contribution in [0.25, 0.3) is 0 Å². The molecule has 0 aromatic heterocycles. The Balaban J connectivity index is 3.96. The van der Waals surface area contributed by atoms with E-state index in [0.717, 1.165) is 38.5 Å². The van der Waals surface area contributed by atoms with Gasteiger partial charge in [-0.3, -0.25) is 4.79 Å². The van der Waals surface area contributed by atoms with E-state index in [1.165, 1.54) is 12.8 Å². The van der Waals surface area contributed by atoms with Crippen LogP contribution in [0.1, 0.15) is 79.1 Å². The molecule has 0 radical (unpaired) electrons. The minimum absolute atomic E-state index is 0.0419. The quantitative estimate of drug-likeness (QED) is 0.385. The van der Waals surface area contributed by atoms with Crippen LogP contribution >= 0.6 is 0 Å². The number of carbonyl (C=O) groups is 1. The van der Waals surface area contributed by atoms with Crippen molar-refractivity contribution in [2.75, 3.05) is 6.61 Å². The maximum atomic E-state index is 12.0. The van der Waals surface area contributed by atoms with Gasteiger partial charge in [0, 0.05) is 0 Å². The van der Waals surface area contributed by atoms with E-state index >= 15 is 0 Å². The van der Waals surface area contributed by atoms with Gasteiger partial charge in [-0.1, -0.05) is 59.8 Å². The third-order valence-electron chi connectivity index (χ3n) is 3.34. The fraction of sp³-hybridized carbons (Fsp3) is 0.938. The lowest BCUT2D eigenvalue weighted by molar-refractivity contribution is -0.149. The van der Waals surface area contributed by atoms with Crippen LogP contribution in [-0.2, 0) is 9.53 Å². The normalized spacial score (nSPS) is 12.7. The van der Waals surface area contributed by atoms with E-state index in [9.17, 15) is 4.79 Å². The van der Waals surface area contributed by atoms with Crippen molar-refractivity contribution in [2.45, 2.75) is 79.1 Å². The van der Waals surface area contributed by atoms with Crippen molar-refractivity contribution >= 4 is 5.97 Å². The Morgan fingerprint density at radius 2 is 1.56 bits per heavy atom. The number of hydrogen-bond acceptors (Lipinski definition) is 2. The summed E-state index contributed by atoms with van der Waals surface area (Å²) in [5, 5.41) is 0. The molecular formula is C16H32O2. The topological polar surface area (TPSA) is 26.3 Å². The summed E-state index contributed by atoms with van der Waals surface area (Å²) in [7, 11) is 0. The molecule has 0 bridgehead atoms. The van der Waals surface area contributed by atoms with Crippen molar-refractivity contribution < 1.29 is 9.53 Å². The minimum Gasteiger partial charge on any atom is -0.465 e. The summed E-state index contributed by atoms with van der Waals surface area (Å²) < 4.78 is 5.40. The third-order valence-corrected chi connectivity index (χ3v) is 3.34. The van der Waals surface area contributed by atoms with Crippen LogP contribution in [0.15, 0.2) is 0 Å². The van der Waals surface area contributed by atoms with Gasteiger partial charge in [0.2, 0.25) is 0 Å². The van der Waals surface area contributed by atoms with Crippen molar-refractivity contribution in [3.05, 3.63) is 0 Å². The maximum absolute atomic E-state index is 12.0. The third kappa shape index (κ3) is 9.49. The Kier molecular flexibility index (Phi) is 11.2. The van der Waals surface area contributed by atoms with Crippen molar-refractivity contribution in [1.29, 1.82) is 0 Å². The molecule has 18 heavy (non-hydrogen) atoms. The van der Waals surface area contributed by atoms with Gasteiger partial charge in [-0.05, 0) is 25.2 Å². The van der Waals surface area contributed by atoms with Crippen LogP contribution in [-0.4, -0.2) is 12.6 Å². The summed E-state index contributed by atoms with van der Waals surface area (Å²) in [6.45, 7) is 9.27. The molecule has 0 aliphatic rings. The first-order valence-electron chi connectivity index (χ1n) is 7.78. The van der Waals surface area contributed by atoms with Gasteiger partial charge in [0.05, 0.1) is 12.5 Å². The molecule has 0 spiro atoms. The SMILES string of the molecule is CCCCCC(CCCC)C(=O)OCCC(C)C. The van der Waals surface area contributed by atoms with E-state index in [1.54, 1.807) is 0 Å². The highest BCUT2D eigenvalue weighted by Crippen LogP contribution is 2.18. The number of esters is 1. The zero-order valence-corrected chi connectivity index (χ0v) is 12.8. The number of rotatable bonds is 11. The Bertz CT molecular complexity index is 199. The molecule has 0 aliphatic heterocycles. The largest absolute Gasteiger partial charge is 0.465 e. The molecule has 0 aromatic carbocycles. The van der Waals surface area contributed by atoms with E-state index in [0.29, 0.717) is 12.5 Å². The fourth-order valence-electron chi connectivity index (χ4n) is 1.98. The summed E-state index contributed by atoms with van der Waals surface area (Å²) >= 11 is 0. The Morgan fingerprint density at radius 1 is 0.944 bits per heavy atom. The summed E-state index contributed by atoms with van der Waals surface area (Å²) in [5.74, 6) is 0.788. The summed E-state index contributed by atoms with van der Waals surface area (Å²) in [4.78, 5) is 12.0. The van der Waals surface area contributed by atoms with Crippen LogP contribution in [0, 0.1) is 11.8 Å². The van der Waals surface area contributed by atoms with Gasteiger partial charge in [0.15, 0.2) is 0 Å². The van der Waals surface area contributed by atoms with Crippen LogP contribution in [0.5, 0.6) is 0 Å². The predicted octanol–water partition coefficient (Wildman–Crippen LogP) is 4.96. The first-order valence-corrected chi connectivity index (χ1v) is 7.78. The van der Waals surface area contributed by atoms with E-state index in [4.69, 9.17) is 4.74 Å². The van der Waals surface area contributed by atoms with E-state index in [1.807, 2.05) is 0 Å². The first kappa shape index (κ1) is 17.5. The zero-order chi connectivity index (χ0) is 13.8. The van der Waals surface area contributed by atoms with Gasteiger partial charge in [-0.2, -0.15) is 0 Å². The second-order valence-electron chi connectivity index (χ2n) is 5.68. The van der Waals surface area contributed by atoms with Crippen molar-refractivity contribution in [1.82, 2.24) is 0 Å². The highest BCUT2D eigenvalue weighted by molar-refractivity contribution is 5.72. The molecule has 2 heteroatoms. The molecule has 1 unspecified atom stereocenters. The van der Waals surface area contributed by atoms with Crippen LogP contribution in [0.3, 0.4) is 0 Å². The molecule has 1 atom stereocenters. The Hall–Kier alpha value is -0.530. The minimum atomic E-state index is 0.0419. The van der Waals surface area contributed by atoms with E-state index in [2.05, 4.69) is 27.7 Å². The molecule has 0 rings (SSSR count). The molecule has 0 saturated carbocycles. The maximum Gasteiger partial charge on any atom is 0.308 e. The van der Waals surface area contributed by atoms with Crippen molar-refractivity contribution in [3.8, 4) is 0 Å². The summed E-state index contributed by atoms with van der Waals surface area (Å²) in [6, 6.07) is 0. The van der Waals surface area contributed by atoms with E-state index in [-0.39, 0.29) is 11.9 Å². The molecule has 0 amide bonds. The summed E-state index contributed by atoms with van der Waals surface area (Å²) in [5.41, 5.74) is 0. The predicted molar refractivity (Wildman–Crippen MR) is 77.6 cm³/mol. The average Bonchev–Trinajstić information content (AvgIpc) is 2.33. The fourth-order valence-corrected chi connectivity index (χ4v) is 1.98. The molecule has 0 aliphatic carbocycles. The molecule has 0 heterocycles. The van der Waals surface area contributed by atoms with Gasteiger partial charge >= 0.3 is 5.97 Å². The molecule has 108 valence electrons. The zero-order valence-electron chi connectivity index (χ0n) is 12.8. The average molecular weight is 256 g/mol. The van der Waals surface area contributed by atoms with Crippen LogP contribution in [0.4, 0.5) is 0 Å². The lowest BCUT2D eigenvalue weighted by Crippen LogP contribution is -2.19. The van der Waals surface area contributed by atoms with Crippen LogP contribution in [0.2, 0.25) is 0 Å². The van der Waals surface area contributed by atoms with Gasteiger partial charge < -0.3 is 4.74 Å². The first-order chi connectivity index (χ1) is 8.61. The van der Waals surface area contributed by atoms with Gasteiger partial charge in [0.25, 0.3) is 0 Å². The Morgan fingerprint density at radius 3 is 2.11 bits per heavy atom. The lowest BCUT2D eigenvalue weighted by atomic mass is 9.95. The highest BCUT2D eigenvalue weighted by atomic mass is 16.5. The molecule has 0 saturated heterocycles. The standard InChI is InChI=1S/C16H32O2/c1-5-7-9-11-15(10-8-6-2)16(17)18-13-12-14(3)4/h14-15H,5-13H2,1-4H3. The van der Waals surface area contributed by atoms with Crippen LogP contribution < -0.4 is 0 Å². The number of ether oxygens (including phenoxy) is 1. The van der Waals surface area contributed by atoms with Crippen molar-refractivity contribution in [2.24, 2.45) is 11.8 Å². The second kappa shape index (κ2) is 11.6. The van der Waals surface area contributed by atoms with E-state index < -0.39 is 0 Å². The second-order valence-corrected chi connectivity index (χ2v) is 5.68. The Labute approximate surface area is 113 Å². The van der Waals surface area contributed by atoms with Gasteiger partial charge in [-0.25, -0.2) is 0 Å². The molecule has 2 nitrogen and oxygen atoms in total. The number of unbranched alkanes of at least 4 members (excludes halogenated alkanes) is 3. The monoisotopic (exact) mass is 256 g/mol. The lowest BCUT2D eigenvalue weighted by Gasteiger charge is -2.16. The highest BCUT2D eigenvalue weighted by Gasteiger charge is 2.18. The van der Waals surface area contributed by atoms with Crippen molar-refractivity contribution in [3.63, 3.8) is 0 Å². The smallest absolute Gasteiger partial charge is 0.308 e. The van der Waals surface area contributed by atoms with Gasteiger partial charge in [-0.15, -0.1) is 0 Å². The molecule has 0 N–H and O–H groups in total. The molecule has 0 fully saturated rings.